The second kappa shape index (κ2) is 13.2. The van der Waals surface area contributed by atoms with Gasteiger partial charge in [0, 0.05) is 42.2 Å². The Bertz CT molecular complexity index is 1860. The van der Waals surface area contributed by atoms with Crippen molar-refractivity contribution >= 4 is 17.5 Å². The highest BCUT2D eigenvalue weighted by Gasteiger charge is 2.33. The molecule has 224 valence electrons. The lowest BCUT2D eigenvalue weighted by Gasteiger charge is -2.28. The van der Waals surface area contributed by atoms with Crippen LogP contribution in [0.1, 0.15) is 33.1 Å². The molecule has 0 fully saturated rings. The molecule has 9 heteroatoms. The second-order valence-corrected chi connectivity index (χ2v) is 10.7. The number of amides is 2. The van der Waals surface area contributed by atoms with Crippen LogP contribution >= 0.6 is 0 Å². The van der Waals surface area contributed by atoms with Gasteiger partial charge >= 0.3 is 0 Å². The molecule has 8 nitrogen and oxygen atoms in total. The van der Waals surface area contributed by atoms with E-state index >= 15 is 4.39 Å². The molecule has 6 rings (SSSR count). The topological polar surface area (TPSA) is 93.8 Å². The lowest BCUT2D eigenvalue weighted by Crippen LogP contribution is -2.48. The Kier molecular flexibility index (Phi) is 8.59. The largest absolute Gasteiger partial charge is 0.338 e. The summed E-state index contributed by atoms with van der Waals surface area (Å²) in [5, 5.41) is 14.3. The van der Waals surface area contributed by atoms with Crippen LogP contribution in [0, 0.1) is 5.82 Å². The summed E-state index contributed by atoms with van der Waals surface area (Å²) in [5.74, 6) is -2.00. The predicted octanol–water partition coefficient (Wildman–Crippen LogP) is 6.04. The Morgan fingerprint density at radius 1 is 0.822 bits per heavy atom. The van der Waals surface area contributed by atoms with Crippen LogP contribution in [-0.2, 0) is 18.4 Å². The van der Waals surface area contributed by atoms with E-state index in [4.69, 9.17) is 0 Å². The summed E-state index contributed by atoms with van der Waals surface area (Å²) in [5.41, 5.74) is 4.30. The molecule has 0 aliphatic carbocycles. The van der Waals surface area contributed by atoms with Gasteiger partial charge in [-0.15, -0.1) is 0 Å². The molecular weight excluding hydrogens is 567 g/mol. The third kappa shape index (κ3) is 6.73. The third-order valence-corrected chi connectivity index (χ3v) is 7.64. The molecule has 4 aromatic carbocycles. The van der Waals surface area contributed by atoms with Crippen molar-refractivity contribution in [2.24, 2.45) is 7.05 Å². The van der Waals surface area contributed by atoms with E-state index in [9.17, 15) is 9.59 Å². The molecule has 0 unspecified atom stereocenters. The summed E-state index contributed by atoms with van der Waals surface area (Å²) in [4.78, 5) is 27.5. The number of nitrogens with one attached hydrogen (secondary N) is 2. The van der Waals surface area contributed by atoms with Crippen molar-refractivity contribution in [3.05, 3.63) is 162 Å². The molecule has 2 amide bonds. The van der Waals surface area contributed by atoms with Crippen molar-refractivity contribution < 1.29 is 14.0 Å². The second-order valence-electron chi connectivity index (χ2n) is 10.7. The van der Waals surface area contributed by atoms with Gasteiger partial charge in [-0.05, 0) is 41.0 Å². The van der Waals surface area contributed by atoms with Crippen LogP contribution in [-0.4, -0.2) is 37.4 Å². The Morgan fingerprint density at radius 3 is 2.07 bits per heavy atom. The Balaban J connectivity index is 1.28. The summed E-state index contributed by atoms with van der Waals surface area (Å²) in [6, 6.07) is 34.0. The number of aromatic nitrogens is 4. The van der Waals surface area contributed by atoms with Gasteiger partial charge in [0.1, 0.15) is 17.6 Å². The van der Waals surface area contributed by atoms with Crippen molar-refractivity contribution in [3.63, 3.8) is 0 Å². The number of rotatable bonds is 10. The number of carbonyl (C=O) groups excluding carboxylic acids is 2. The average Bonchev–Trinajstić information content (AvgIpc) is 3.71. The van der Waals surface area contributed by atoms with Gasteiger partial charge in [0.05, 0.1) is 12.7 Å². The summed E-state index contributed by atoms with van der Waals surface area (Å²) in [6.07, 6.45) is 4.93. The van der Waals surface area contributed by atoms with Crippen LogP contribution in [0.15, 0.2) is 134 Å². The molecule has 0 bridgehead atoms. The maximum Gasteiger partial charge on any atom is 0.270 e. The summed E-state index contributed by atoms with van der Waals surface area (Å²) in [6.45, 7) is 0.562. The zero-order valence-corrected chi connectivity index (χ0v) is 24.5. The standard InChI is InChI=1S/C36H31FN6O2/c1-42-32(19-20-38-42)35(44)41-34(33(26-13-7-3-8-14-26)27-15-9-4-10-16-27)36(45)40-29-17-18-30(31(37)21-29)28-22-39-43(24-28)23-25-11-5-2-6-12-25/h2-22,24,33-34H,23H2,1H3,(H,40,45)(H,41,44)/t34-/m0/s1. The quantitative estimate of drug-likeness (QED) is 0.201. The third-order valence-electron chi connectivity index (χ3n) is 7.64. The molecular formula is C36H31FN6O2. The minimum Gasteiger partial charge on any atom is -0.338 e. The molecule has 0 radical (unpaired) electrons. The Labute approximate surface area is 260 Å². The fraction of sp³-hybridized carbons (Fsp3) is 0.111. The number of aryl methyl sites for hydroxylation is 1. The van der Waals surface area contributed by atoms with E-state index < -0.39 is 29.6 Å². The van der Waals surface area contributed by atoms with Gasteiger partial charge in [0.2, 0.25) is 5.91 Å². The first-order valence-corrected chi connectivity index (χ1v) is 14.5. The zero-order valence-electron chi connectivity index (χ0n) is 24.5. The molecule has 0 aliphatic rings. The number of benzene rings is 4. The number of carbonyl (C=O) groups is 2. The highest BCUT2D eigenvalue weighted by molar-refractivity contribution is 6.01. The monoisotopic (exact) mass is 598 g/mol. The van der Waals surface area contributed by atoms with Gasteiger partial charge in [-0.25, -0.2) is 4.39 Å². The molecule has 45 heavy (non-hydrogen) atoms. The van der Waals surface area contributed by atoms with Crippen LogP contribution in [0.25, 0.3) is 11.1 Å². The van der Waals surface area contributed by atoms with E-state index in [1.807, 2.05) is 91.0 Å². The molecule has 2 N–H and O–H groups in total. The highest BCUT2D eigenvalue weighted by atomic mass is 19.1. The van der Waals surface area contributed by atoms with Crippen molar-refractivity contribution in [1.29, 1.82) is 0 Å². The van der Waals surface area contributed by atoms with Crippen LogP contribution < -0.4 is 10.6 Å². The molecule has 2 aromatic heterocycles. The molecule has 0 spiro atoms. The molecule has 1 atom stereocenters. The van der Waals surface area contributed by atoms with Gasteiger partial charge in [0.15, 0.2) is 0 Å². The van der Waals surface area contributed by atoms with E-state index in [1.54, 1.807) is 42.3 Å². The van der Waals surface area contributed by atoms with Crippen LogP contribution in [0.4, 0.5) is 10.1 Å². The molecule has 0 aliphatic heterocycles. The maximum atomic E-state index is 15.5. The van der Waals surface area contributed by atoms with Gasteiger partial charge in [-0.3, -0.25) is 19.0 Å². The van der Waals surface area contributed by atoms with E-state index in [0.717, 1.165) is 16.7 Å². The van der Waals surface area contributed by atoms with Crippen molar-refractivity contribution in [2.45, 2.75) is 18.5 Å². The first kappa shape index (κ1) is 29.3. The highest BCUT2D eigenvalue weighted by Crippen LogP contribution is 2.30. The summed E-state index contributed by atoms with van der Waals surface area (Å²) >= 11 is 0. The van der Waals surface area contributed by atoms with Gasteiger partial charge in [0.25, 0.3) is 5.91 Å². The van der Waals surface area contributed by atoms with Crippen LogP contribution in [0.5, 0.6) is 0 Å². The fourth-order valence-electron chi connectivity index (χ4n) is 5.42. The summed E-state index contributed by atoms with van der Waals surface area (Å²) < 4.78 is 18.7. The Hall–Kier alpha value is -5.83. The fourth-order valence-corrected chi connectivity index (χ4v) is 5.42. The normalized spacial score (nSPS) is 11.7. The molecule has 6 aromatic rings. The van der Waals surface area contributed by atoms with E-state index in [1.165, 1.54) is 16.9 Å². The van der Waals surface area contributed by atoms with Crippen LogP contribution in [0.3, 0.4) is 0 Å². The minimum absolute atomic E-state index is 0.262. The number of hydrogen-bond donors (Lipinski definition) is 2. The van der Waals surface area contributed by atoms with E-state index in [-0.39, 0.29) is 5.69 Å². The lowest BCUT2D eigenvalue weighted by atomic mass is 9.84. The molecule has 0 saturated carbocycles. The molecule has 2 heterocycles. The number of anilines is 1. The number of nitrogens with zero attached hydrogens (tertiary/aromatic N) is 4. The molecule has 0 saturated heterocycles. The Morgan fingerprint density at radius 2 is 1.47 bits per heavy atom. The maximum absolute atomic E-state index is 15.5. The van der Waals surface area contributed by atoms with Gasteiger partial charge in [-0.1, -0.05) is 91.0 Å². The summed E-state index contributed by atoms with van der Waals surface area (Å²) in [7, 11) is 1.66. The van der Waals surface area contributed by atoms with Crippen LogP contribution in [0.2, 0.25) is 0 Å². The van der Waals surface area contributed by atoms with E-state index in [2.05, 4.69) is 20.8 Å². The van der Waals surface area contributed by atoms with Crippen molar-refractivity contribution in [3.8, 4) is 11.1 Å². The van der Waals surface area contributed by atoms with Crippen molar-refractivity contribution in [2.75, 3.05) is 5.32 Å². The SMILES string of the molecule is Cn1nccc1C(=O)N[C@H](C(=O)Nc1ccc(-c2cnn(Cc3ccccc3)c2)c(F)c1)C(c1ccccc1)c1ccccc1. The first-order chi connectivity index (χ1) is 22.0. The lowest BCUT2D eigenvalue weighted by molar-refractivity contribution is -0.118. The average molecular weight is 599 g/mol. The number of halogens is 1. The zero-order chi connectivity index (χ0) is 31.2. The minimum atomic E-state index is -1.05. The smallest absolute Gasteiger partial charge is 0.270 e. The van der Waals surface area contributed by atoms with Gasteiger partial charge < -0.3 is 10.6 Å². The predicted molar refractivity (Wildman–Crippen MR) is 171 cm³/mol. The first-order valence-electron chi connectivity index (χ1n) is 14.5. The van der Waals surface area contributed by atoms with E-state index in [0.29, 0.717) is 23.4 Å². The van der Waals surface area contributed by atoms with Crippen molar-refractivity contribution in [1.82, 2.24) is 24.9 Å². The number of hydrogen-bond acceptors (Lipinski definition) is 4. The van der Waals surface area contributed by atoms with Gasteiger partial charge in [-0.2, -0.15) is 10.2 Å².